The van der Waals surface area contributed by atoms with E-state index in [0.717, 1.165) is 0 Å². The Hall–Kier alpha value is -2.15. The average Bonchev–Trinajstić information content (AvgIpc) is 2.38. The molecule has 0 atom stereocenters. The van der Waals surface area contributed by atoms with Gasteiger partial charge in [0.25, 0.3) is 0 Å². The van der Waals surface area contributed by atoms with Crippen LogP contribution < -0.4 is 10.6 Å². The Morgan fingerprint density at radius 1 is 1.26 bits per heavy atom. The first-order chi connectivity index (χ1) is 10.6. The highest BCUT2D eigenvalue weighted by molar-refractivity contribution is 5.92. The highest BCUT2D eigenvalue weighted by Gasteiger charge is 2.16. The molecule has 0 aliphatic rings. The van der Waals surface area contributed by atoms with Gasteiger partial charge in [-0.3, -0.25) is 15.0 Å². The molecular weight excluding hydrogens is 296 g/mol. The smallest absolute Gasteiger partial charge is 0.413 e. The second-order valence-corrected chi connectivity index (χ2v) is 6.62. The van der Waals surface area contributed by atoms with Gasteiger partial charge >= 0.3 is 6.09 Å². The lowest BCUT2D eigenvalue weighted by Crippen LogP contribution is -2.34. The molecular formula is C16H26N4O3. The zero-order chi connectivity index (χ0) is 17.6. The first kappa shape index (κ1) is 18.9. The number of carbonyl (C=O) groups excluding carboxylic acids is 2. The Balaban J connectivity index is 2.53. The highest BCUT2D eigenvalue weighted by Crippen LogP contribution is 2.12. The van der Waals surface area contributed by atoms with Crippen LogP contribution in [0, 0.1) is 0 Å². The van der Waals surface area contributed by atoms with Crippen molar-refractivity contribution in [2.75, 3.05) is 24.2 Å². The maximum Gasteiger partial charge on any atom is 0.413 e. The van der Waals surface area contributed by atoms with E-state index in [0.29, 0.717) is 24.1 Å². The van der Waals surface area contributed by atoms with Gasteiger partial charge in [0, 0.05) is 6.04 Å². The van der Waals surface area contributed by atoms with Crippen LogP contribution in [0.1, 0.15) is 34.6 Å². The maximum atomic E-state index is 11.9. The van der Waals surface area contributed by atoms with Crippen LogP contribution in [-0.4, -0.2) is 47.1 Å². The number of hydrogen-bond donors (Lipinski definition) is 2. The predicted molar refractivity (Wildman–Crippen MR) is 90.5 cm³/mol. The molecule has 0 unspecified atom stereocenters. The second kappa shape index (κ2) is 7.92. The van der Waals surface area contributed by atoms with Gasteiger partial charge in [0.1, 0.15) is 11.4 Å². The molecule has 7 heteroatoms. The maximum absolute atomic E-state index is 11.9. The van der Waals surface area contributed by atoms with E-state index in [9.17, 15) is 9.59 Å². The molecule has 0 bridgehead atoms. The van der Waals surface area contributed by atoms with E-state index < -0.39 is 11.7 Å². The number of carbonyl (C=O) groups is 2. The lowest BCUT2D eigenvalue weighted by molar-refractivity contribution is -0.117. The molecule has 0 fully saturated rings. The molecule has 0 aliphatic carbocycles. The lowest BCUT2D eigenvalue weighted by atomic mass is 10.2. The largest absolute Gasteiger partial charge is 0.444 e. The van der Waals surface area contributed by atoms with Gasteiger partial charge in [0.2, 0.25) is 5.91 Å². The van der Waals surface area contributed by atoms with Crippen LogP contribution in [-0.2, 0) is 9.53 Å². The molecule has 23 heavy (non-hydrogen) atoms. The minimum absolute atomic E-state index is 0.115. The van der Waals surface area contributed by atoms with Gasteiger partial charge in [0.05, 0.1) is 18.4 Å². The summed E-state index contributed by atoms with van der Waals surface area (Å²) in [6.07, 6.45) is 0.917. The molecule has 0 saturated heterocycles. The van der Waals surface area contributed by atoms with Crippen LogP contribution in [0.4, 0.5) is 16.3 Å². The quantitative estimate of drug-likeness (QED) is 0.871. The van der Waals surface area contributed by atoms with Crippen molar-refractivity contribution in [1.29, 1.82) is 0 Å². The molecule has 1 aromatic heterocycles. The molecule has 0 saturated carbocycles. The van der Waals surface area contributed by atoms with Crippen molar-refractivity contribution >= 4 is 23.5 Å². The number of hydrogen-bond acceptors (Lipinski definition) is 5. The standard InChI is InChI=1S/C16H26N4O3/c1-11(2)20(6)10-14(21)18-12-7-8-13(17-9-12)19-15(22)23-16(3,4)5/h7-9,11H,10H2,1-6H3,(H,18,21)(H,17,19,22). The molecule has 0 aromatic carbocycles. The Morgan fingerprint density at radius 3 is 2.39 bits per heavy atom. The number of amides is 2. The molecule has 1 aromatic rings. The third-order valence-corrected chi connectivity index (χ3v) is 2.95. The average molecular weight is 322 g/mol. The van der Waals surface area contributed by atoms with E-state index in [-0.39, 0.29) is 5.91 Å². The van der Waals surface area contributed by atoms with Crippen molar-refractivity contribution in [2.45, 2.75) is 46.3 Å². The fraction of sp³-hybridized carbons (Fsp3) is 0.562. The SMILES string of the molecule is CC(C)N(C)CC(=O)Nc1ccc(NC(=O)OC(C)(C)C)nc1. The summed E-state index contributed by atoms with van der Waals surface area (Å²) in [6.45, 7) is 9.69. The number of anilines is 2. The number of nitrogens with one attached hydrogen (secondary N) is 2. The number of aromatic nitrogens is 1. The van der Waals surface area contributed by atoms with Gasteiger partial charge in [-0.15, -0.1) is 0 Å². The molecule has 128 valence electrons. The second-order valence-electron chi connectivity index (χ2n) is 6.62. The summed E-state index contributed by atoms with van der Waals surface area (Å²) in [5, 5.41) is 5.29. The van der Waals surface area contributed by atoms with Gasteiger partial charge in [0.15, 0.2) is 0 Å². The minimum atomic E-state index is -0.569. The third kappa shape index (κ3) is 7.60. The summed E-state index contributed by atoms with van der Waals surface area (Å²) in [4.78, 5) is 29.5. The van der Waals surface area contributed by atoms with Gasteiger partial charge in [-0.1, -0.05) is 0 Å². The Morgan fingerprint density at radius 2 is 1.91 bits per heavy atom. The zero-order valence-corrected chi connectivity index (χ0v) is 14.6. The first-order valence-electron chi connectivity index (χ1n) is 7.53. The van der Waals surface area contributed by atoms with Crippen molar-refractivity contribution in [2.24, 2.45) is 0 Å². The van der Waals surface area contributed by atoms with Crippen LogP contribution in [0.2, 0.25) is 0 Å². The van der Waals surface area contributed by atoms with E-state index in [2.05, 4.69) is 15.6 Å². The van der Waals surface area contributed by atoms with Crippen molar-refractivity contribution in [1.82, 2.24) is 9.88 Å². The fourth-order valence-electron chi connectivity index (χ4n) is 1.56. The summed E-state index contributed by atoms with van der Waals surface area (Å²) >= 11 is 0. The predicted octanol–water partition coefficient (Wildman–Crippen LogP) is 2.71. The monoisotopic (exact) mass is 322 g/mol. The molecule has 7 nitrogen and oxygen atoms in total. The number of pyridine rings is 1. The summed E-state index contributed by atoms with van der Waals surface area (Å²) in [5.41, 5.74) is 0.00219. The van der Waals surface area contributed by atoms with Crippen molar-refractivity contribution in [3.63, 3.8) is 0 Å². The Bertz CT molecular complexity index is 535. The van der Waals surface area contributed by atoms with E-state index in [4.69, 9.17) is 4.74 Å². The molecule has 0 spiro atoms. The van der Waals surface area contributed by atoms with Gasteiger partial charge in [-0.2, -0.15) is 0 Å². The number of rotatable bonds is 5. The van der Waals surface area contributed by atoms with Crippen LogP contribution in [0.25, 0.3) is 0 Å². The third-order valence-electron chi connectivity index (χ3n) is 2.95. The number of nitrogens with zero attached hydrogens (tertiary/aromatic N) is 2. The molecule has 2 N–H and O–H groups in total. The summed E-state index contributed by atoms with van der Waals surface area (Å²) in [6, 6.07) is 3.57. The fourth-order valence-corrected chi connectivity index (χ4v) is 1.56. The van der Waals surface area contributed by atoms with Crippen LogP contribution in [0.3, 0.4) is 0 Å². The minimum Gasteiger partial charge on any atom is -0.444 e. The topological polar surface area (TPSA) is 83.6 Å². The van der Waals surface area contributed by atoms with Crippen molar-refractivity contribution < 1.29 is 14.3 Å². The van der Waals surface area contributed by atoms with Crippen LogP contribution >= 0.6 is 0 Å². The molecule has 0 aliphatic heterocycles. The normalized spacial score (nSPS) is 11.5. The van der Waals surface area contributed by atoms with E-state index in [1.807, 2.05) is 25.8 Å². The van der Waals surface area contributed by atoms with Crippen molar-refractivity contribution in [3.8, 4) is 0 Å². The number of ether oxygens (including phenoxy) is 1. The Labute approximate surface area is 137 Å². The molecule has 1 heterocycles. The molecule has 0 radical (unpaired) electrons. The van der Waals surface area contributed by atoms with E-state index >= 15 is 0 Å². The van der Waals surface area contributed by atoms with E-state index in [1.165, 1.54) is 6.20 Å². The zero-order valence-electron chi connectivity index (χ0n) is 14.6. The molecule has 1 rings (SSSR count). The lowest BCUT2D eigenvalue weighted by Gasteiger charge is -2.20. The van der Waals surface area contributed by atoms with Gasteiger partial charge in [-0.25, -0.2) is 9.78 Å². The Kier molecular flexibility index (Phi) is 6.50. The number of likely N-dealkylation sites (N-methyl/N-ethyl adjacent to an activating group) is 1. The van der Waals surface area contributed by atoms with E-state index in [1.54, 1.807) is 32.9 Å². The van der Waals surface area contributed by atoms with Gasteiger partial charge in [-0.05, 0) is 53.8 Å². The van der Waals surface area contributed by atoms with Gasteiger partial charge < -0.3 is 10.1 Å². The highest BCUT2D eigenvalue weighted by atomic mass is 16.6. The summed E-state index contributed by atoms with van der Waals surface area (Å²) in [7, 11) is 1.89. The summed E-state index contributed by atoms with van der Waals surface area (Å²) < 4.78 is 5.14. The van der Waals surface area contributed by atoms with Crippen LogP contribution in [0.15, 0.2) is 18.3 Å². The van der Waals surface area contributed by atoms with Crippen LogP contribution in [0.5, 0.6) is 0 Å². The van der Waals surface area contributed by atoms with Crippen molar-refractivity contribution in [3.05, 3.63) is 18.3 Å². The first-order valence-corrected chi connectivity index (χ1v) is 7.53. The molecule has 2 amide bonds. The summed E-state index contributed by atoms with van der Waals surface area (Å²) in [5.74, 6) is 0.243.